The van der Waals surface area contributed by atoms with Crippen LogP contribution in [0.4, 0.5) is 13.2 Å². The molecule has 1 fully saturated rings. The zero-order chi connectivity index (χ0) is 16.7. The summed E-state index contributed by atoms with van der Waals surface area (Å²) in [7, 11) is 0. The van der Waals surface area contributed by atoms with Gasteiger partial charge >= 0.3 is 6.18 Å². The molecule has 1 unspecified atom stereocenters. The van der Waals surface area contributed by atoms with E-state index in [1.807, 2.05) is 0 Å². The van der Waals surface area contributed by atoms with Gasteiger partial charge in [0, 0.05) is 13.1 Å². The minimum atomic E-state index is -4.30. The second-order valence-electron chi connectivity index (χ2n) is 6.40. The van der Waals surface area contributed by atoms with Crippen molar-refractivity contribution in [2.75, 3.05) is 13.1 Å². The molecule has 0 aromatic heterocycles. The second-order valence-corrected chi connectivity index (χ2v) is 6.40. The summed E-state index contributed by atoms with van der Waals surface area (Å²) in [5.41, 5.74) is 1.32. The lowest BCUT2D eigenvalue weighted by Gasteiger charge is -2.24. The molecular formula is C18H18F3NO. The number of halogens is 3. The molecule has 1 aromatic rings. The predicted molar refractivity (Wildman–Crippen MR) is 82.5 cm³/mol. The maximum atomic E-state index is 12.6. The van der Waals surface area contributed by atoms with Crippen molar-refractivity contribution in [1.29, 1.82) is 0 Å². The van der Waals surface area contributed by atoms with Crippen molar-refractivity contribution < 1.29 is 18.0 Å². The van der Waals surface area contributed by atoms with Gasteiger partial charge in [0.05, 0.1) is 5.56 Å². The van der Waals surface area contributed by atoms with Crippen LogP contribution in [0.15, 0.2) is 43.0 Å². The fourth-order valence-corrected chi connectivity index (χ4v) is 3.54. The van der Waals surface area contributed by atoms with Gasteiger partial charge in [-0.05, 0) is 54.0 Å². The number of amides is 1. The molecule has 23 heavy (non-hydrogen) atoms. The Bertz CT molecular complexity index is 660. The van der Waals surface area contributed by atoms with Crippen LogP contribution in [-0.4, -0.2) is 23.9 Å². The van der Waals surface area contributed by atoms with Crippen molar-refractivity contribution in [3.05, 3.63) is 54.1 Å². The van der Waals surface area contributed by atoms with Gasteiger partial charge in [-0.3, -0.25) is 4.79 Å². The van der Waals surface area contributed by atoms with Gasteiger partial charge in [0.1, 0.15) is 0 Å². The van der Waals surface area contributed by atoms with Gasteiger partial charge in [0.2, 0.25) is 5.91 Å². The quantitative estimate of drug-likeness (QED) is 0.744. The van der Waals surface area contributed by atoms with E-state index in [2.05, 4.69) is 12.7 Å². The van der Waals surface area contributed by atoms with E-state index in [9.17, 15) is 18.0 Å². The maximum Gasteiger partial charge on any atom is 0.416 e. The predicted octanol–water partition coefficient (Wildman–Crippen LogP) is 4.29. The highest BCUT2D eigenvalue weighted by Gasteiger charge is 2.42. The molecule has 1 saturated heterocycles. The molecule has 1 spiro atoms. The molecule has 1 atom stereocenters. The van der Waals surface area contributed by atoms with Crippen LogP contribution in [0.5, 0.6) is 0 Å². The molecule has 1 amide bonds. The highest BCUT2D eigenvalue weighted by atomic mass is 19.4. The summed E-state index contributed by atoms with van der Waals surface area (Å²) < 4.78 is 37.9. The van der Waals surface area contributed by atoms with Crippen molar-refractivity contribution in [1.82, 2.24) is 4.90 Å². The van der Waals surface area contributed by atoms with Crippen molar-refractivity contribution in [2.45, 2.75) is 25.4 Å². The first kappa shape index (κ1) is 15.8. The van der Waals surface area contributed by atoms with Gasteiger partial charge in [-0.25, -0.2) is 0 Å². The van der Waals surface area contributed by atoms with Gasteiger partial charge in [0.25, 0.3) is 0 Å². The number of allylic oxidation sites excluding steroid dienone is 2. The molecule has 3 rings (SSSR count). The Balaban J connectivity index is 1.70. The van der Waals surface area contributed by atoms with E-state index in [0.717, 1.165) is 49.1 Å². The van der Waals surface area contributed by atoms with Crippen LogP contribution in [0.25, 0.3) is 5.57 Å². The molecule has 122 valence electrons. The van der Waals surface area contributed by atoms with Crippen molar-refractivity contribution >= 4 is 11.5 Å². The number of hydrogen-bond donors (Lipinski definition) is 0. The monoisotopic (exact) mass is 321 g/mol. The third-order valence-electron chi connectivity index (χ3n) is 4.85. The molecule has 2 nitrogen and oxygen atoms in total. The van der Waals surface area contributed by atoms with Crippen molar-refractivity contribution in [2.24, 2.45) is 5.41 Å². The second kappa shape index (κ2) is 5.55. The van der Waals surface area contributed by atoms with E-state index in [-0.39, 0.29) is 11.3 Å². The summed E-state index contributed by atoms with van der Waals surface area (Å²) in [6, 6.07) is 5.33. The Morgan fingerprint density at radius 1 is 1.26 bits per heavy atom. The number of carbonyl (C=O) groups is 1. The SMILES string of the molecule is C=CC(=O)N1CCC2(CC=C(c3ccc(C(F)(F)F)cc3)C2)C1. The Hall–Kier alpha value is -2.04. The molecule has 0 bridgehead atoms. The largest absolute Gasteiger partial charge is 0.416 e. The maximum absolute atomic E-state index is 12.6. The average molecular weight is 321 g/mol. The standard InChI is InChI=1S/C18H18F3NO/c1-2-16(23)22-10-9-17(12-22)8-7-14(11-17)13-3-5-15(6-4-13)18(19,20)21/h2-7H,1,8-12H2. The first-order chi connectivity index (χ1) is 10.8. The lowest BCUT2D eigenvalue weighted by molar-refractivity contribution is -0.137. The van der Waals surface area contributed by atoms with Crippen molar-refractivity contribution in [3.8, 4) is 0 Å². The average Bonchev–Trinajstić information content (AvgIpc) is 3.14. The van der Waals surface area contributed by atoms with Gasteiger partial charge in [0.15, 0.2) is 0 Å². The molecule has 0 saturated carbocycles. The smallest absolute Gasteiger partial charge is 0.339 e. The molecule has 0 N–H and O–H groups in total. The third-order valence-corrected chi connectivity index (χ3v) is 4.85. The van der Waals surface area contributed by atoms with Gasteiger partial charge < -0.3 is 4.90 Å². The highest BCUT2D eigenvalue weighted by Crippen LogP contribution is 2.48. The summed E-state index contributed by atoms with van der Waals surface area (Å²) in [6.07, 6.45) is 1.72. The number of carbonyl (C=O) groups excluding carboxylic acids is 1. The first-order valence-corrected chi connectivity index (χ1v) is 7.61. The van der Waals surface area contributed by atoms with E-state index in [1.165, 1.54) is 18.2 Å². The highest BCUT2D eigenvalue weighted by molar-refractivity contribution is 5.87. The fraction of sp³-hybridized carbons (Fsp3) is 0.389. The number of nitrogens with zero attached hydrogens (tertiary/aromatic N) is 1. The lowest BCUT2D eigenvalue weighted by atomic mass is 9.83. The van der Waals surface area contributed by atoms with Crippen LogP contribution in [0.3, 0.4) is 0 Å². The van der Waals surface area contributed by atoms with Crippen LogP contribution in [0.1, 0.15) is 30.4 Å². The van der Waals surface area contributed by atoms with Gasteiger partial charge in [-0.15, -0.1) is 0 Å². The summed E-state index contributed by atoms with van der Waals surface area (Å²) in [5, 5.41) is 0. The molecular weight excluding hydrogens is 303 g/mol. The zero-order valence-corrected chi connectivity index (χ0v) is 12.7. The Morgan fingerprint density at radius 2 is 1.96 bits per heavy atom. The number of rotatable bonds is 2. The molecule has 1 aliphatic heterocycles. The van der Waals surface area contributed by atoms with Gasteiger partial charge in [-0.2, -0.15) is 13.2 Å². The minimum Gasteiger partial charge on any atom is -0.339 e. The molecule has 1 heterocycles. The Morgan fingerprint density at radius 3 is 2.57 bits per heavy atom. The molecule has 1 aromatic carbocycles. The normalized spacial score (nSPS) is 24.1. The first-order valence-electron chi connectivity index (χ1n) is 7.61. The summed E-state index contributed by atoms with van der Waals surface area (Å²) in [4.78, 5) is 13.5. The van der Waals surface area contributed by atoms with Crippen LogP contribution >= 0.6 is 0 Å². The summed E-state index contributed by atoms with van der Waals surface area (Å²) in [6.45, 7) is 4.93. The van der Waals surface area contributed by atoms with Crippen LogP contribution in [0.2, 0.25) is 0 Å². The van der Waals surface area contributed by atoms with Crippen molar-refractivity contribution in [3.63, 3.8) is 0 Å². The molecule has 2 aliphatic rings. The Kier molecular flexibility index (Phi) is 3.82. The van der Waals surface area contributed by atoms with Gasteiger partial charge in [-0.1, -0.05) is 24.8 Å². The minimum absolute atomic E-state index is 0.0384. The van der Waals surface area contributed by atoms with E-state index < -0.39 is 11.7 Å². The summed E-state index contributed by atoms with van der Waals surface area (Å²) in [5.74, 6) is -0.0511. The number of hydrogen-bond acceptors (Lipinski definition) is 1. The number of benzene rings is 1. The lowest BCUT2D eigenvalue weighted by Crippen LogP contribution is -2.29. The van der Waals surface area contributed by atoms with E-state index in [0.29, 0.717) is 6.54 Å². The molecule has 1 aliphatic carbocycles. The zero-order valence-electron chi connectivity index (χ0n) is 12.7. The summed E-state index contributed by atoms with van der Waals surface area (Å²) >= 11 is 0. The van der Waals surface area contributed by atoms with E-state index in [1.54, 1.807) is 4.90 Å². The number of alkyl halides is 3. The van der Waals surface area contributed by atoms with Crippen LogP contribution in [-0.2, 0) is 11.0 Å². The van der Waals surface area contributed by atoms with Crippen LogP contribution in [0, 0.1) is 5.41 Å². The third kappa shape index (κ3) is 3.05. The molecule has 5 heteroatoms. The van der Waals surface area contributed by atoms with Crippen LogP contribution < -0.4 is 0 Å². The fourth-order valence-electron chi connectivity index (χ4n) is 3.54. The Labute approximate surface area is 133 Å². The topological polar surface area (TPSA) is 20.3 Å². The van der Waals surface area contributed by atoms with E-state index >= 15 is 0 Å². The van der Waals surface area contributed by atoms with E-state index in [4.69, 9.17) is 0 Å². The number of likely N-dealkylation sites (tertiary alicyclic amines) is 1. The molecule has 0 radical (unpaired) electrons.